The molecule has 2 unspecified atom stereocenters. The number of furan rings is 1. The van der Waals surface area contributed by atoms with Gasteiger partial charge in [-0.15, -0.1) is 0 Å². The topological polar surface area (TPSA) is 45.4 Å². The van der Waals surface area contributed by atoms with Crippen molar-refractivity contribution in [1.82, 2.24) is 0 Å². The predicted octanol–water partition coefficient (Wildman–Crippen LogP) is 3.94. The summed E-state index contributed by atoms with van der Waals surface area (Å²) >= 11 is 0. The highest BCUT2D eigenvalue weighted by atomic mass is 16.3. The van der Waals surface area contributed by atoms with E-state index in [0.717, 1.165) is 36.0 Å². The lowest BCUT2D eigenvalue weighted by atomic mass is 10.1. The standard InChI is InChI=1S/C18H23NO2/c1-13-10-17(13)18-8-7-16(21-18)12-19-15-6-2-4-14(11-15)5-3-9-20/h2,4,6-8,11,13,17,19-20H,3,5,9-10,12H2,1H3. The third kappa shape index (κ3) is 3.67. The second-order valence-corrected chi connectivity index (χ2v) is 6.00. The molecule has 1 aromatic carbocycles. The predicted molar refractivity (Wildman–Crippen MR) is 84.4 cm³/mol. The van der Waals surface area contributed by atoms with Gasteiger partial charge in [0.2, 0.25) is 0 Å². The molecule has 1 heterocycles. The van der Waals surface area contributed by atoms with Crippen LogP contribution < -0.4 is 5.32 Å². The van der Waals surface area contributed by atoms with Crippen LogP contribution in [0.5, 0.6) is 0 Å². The van der Waals surface area contributed by atoms with Crippen molar-refractivity contribution in [2.24, 2.45) is 5.92 Å². The Morgan fingerprint density at radius 1 is 1.29 bits per heavy atom. The van der Waals surface area contributed by atoms with E-state index in [1.54, 1.807) is 0 Å². The molecule has 3 heteroatoms. The van der Waals surface area contributed by atoms with Gasteiger partial charge in [-0.2, -0.15) is 0 Å². The van der Waals surface area contributed by atoms with Crippen LogP contribution in [-0.4, -0.2) is 11.7 Å². The van der Waals surface area contributed by atoms with Crippen LogP contribution >= 0.6 is 0 Å². The van der Waals surface area contributed by atoms with Crippen LogP contribution in [0, 0.1) is 5.92 Å². The minimum atomic E-state index is 0.242. The fraction of sp³-hybridized carbons (Fsp3) is 0.444. The zero-order valence-electron chi connectivity index (χ0n) is 12.5. The van der Waals surface area contributed by atoms with Gasteiger partial charge in [-0.05, 0) is 55.0 Å². The molecule has 2 N–H and O–H groups in total. The molecule has 3 nitrogen and oxygen atoms in total. The monoisotopic (exact) mass is 285 g/mol. The highest BCUT2D eigenvalue weighted by Gasteiger charge is 2.36. The molecule has 0 aliphatic heterocycles. The molecular formula is C18H23NO2. The molecule has 21 heavy (non-hydrogen) atoms. The minimum absolute atomic E-state index is 0.242. The zero-order chi connectivity index (χ0) is 14.7. The van der Waals surface area contributed by atoms with Crippen LogP contribution in [0.15, 0.2) is 40.8 Å². The molecule has 2 atom stereocenters. The summed E-state index contributed by atoms with van der Waals surface area (Å²) in [4.78, 5) is 0. The Morgan fingerprint density at radius 2 is 2.14 bits per heavy atom. The van der Waals surface area contributed by atoms with Crippen LogP contribution in [-0.2, 0) is 13.0 Å². The Kier molecular flexibility index (Phi) is 4.30. The zero-order valence-corrected chi connectivity index (χ0v) is 12.5. The first kappa shape index (κ1) is 14.2. The van der Waals surface area contributed by atoms with E-state index in [1.807, 2.05) is 0 Å². The molecule has 1 saturated carbocycles. The van der Waals surface area contributed by atoms with Crippen LogP contribution in [0.1, 0.15) is 42.8 Å². The largest absolute Gasteiger partial charge is 0.464 e. The third-order valence-electron chi connectivity index (χ3n) is 4.17. The van der Waals surface area contributed by atoms with E-state index in [9.17, 15) is 0 Å². The number of hydrogen-bond acceptors (Lipinski definition) is 3. The first-order chi connectivity index (χ1) is 10.3. The number of aliphatic hydroxyl groups is 1. The Balaban J connectivity index is 1.55. The Labute approximate surface area is 126 Å². The van der Waals surface area contributed by atoms with Gasteiger partial charge in [0.25, 0.3) is 0 Å². The second kappa shape index (κ2) is 6.35. The first-order valence-electron chi connectivity index (χ1n) is 7.78. The molecule has 0 spiro atoms. The van der Waals surface area contributed by atoms with Gasteiger partial charge in [-0.3, -0.25) is 0 Å². The fourth-order valence-corrected chi connectivity index (χ4v) is 2.72. The molecule has 3 rings (SSSR count). The van der Waals surface area contributed by atoms with Gasteiger partial charge in [0.05, 0.1) is 6.54 Å². The summed E-state index contributed by atoms with van der Waals surface area (Å²) in [7, 11) is 0. The molecule has 1 fully saturated rings. The molecule has 0 amide bonds. The van der Waals surface area contributed by atoms with Gasteiger partial charge in [0.1, 0.15) is 11.5 Å². The molecule has 2 aromatic rings. The number of aryl methyl sites for hydroxylation is 1. The average Bonchev–Trinajstić information content (AvgIpc) is 3.05. The maximum Gasteiger partial charge on any atom is 0.123 e. The Bertz CT molecular complexity index is 590. The van der Waals surface area contributed by atoms with Gasteiger partial charge in [0.15, 0.2) is 0 Å². The van der Waals surface area contributed by atoms with E-state index >= 15 is 0 Å². The van der Waals surface area contributed by atoms with Crippen molar-refractivity contribution < 1.29 is 9.52 Å². The molecule has 0 radical (unpaired) electrons. The van der Waals surface area contributed by atoms with Crippen LogP contribution in [0.4, 0.5) is 5.69 Å². The summed E-state index contributed by atoms with van der Waals surface area (Å²) in [5.74, 6) is 3.54. The summed E-state index contributed by atoms with van der Waals surface area (Å²) in [5.41, 5.74) is 2.35. The van der Waals surface area contributed by atoms with Crippen molar-refractivity contribution in [2.45, 2.75) is 38.6 Å². The normalized spacial score (nSPS) is 20.5. The van der Waals surface area contributed by atoms with Crippen LogP contribution in [0.3, 0.4) is 0 Å². The summed E-state index contributed by atoms with van der Waals surface area (Å²) < 4.78 is 5.90. The van der Waals surface area contributed by atoms with Crippen molar-refractivity contribution >= 4 is 5.69 Å². The number of anilines is 1. The van der Waals surface area contributed by atoms with Gasteiger partial charge < -0.3 is 14.8 Å². The van der Waals surface area contributed by atoms with E-state index in [1.165, 1.54) is 12.0 Å². The summed E-state index contributed by atoms with van der Waals surface area (Å²) in [6.45, 7) is 3.22. The van der Waals surface area contributed by atoms with E-state index in [0.29, 0.717) is 12.5 Å². The maximum atomic E-state index is 8.89. The van der Waals surface area contributed by atoms with E-state index in [-0.39, 0.29) is 6.61 Å². The maximum absolute atomic E-state index is 8.89. The first-order valence-corrected chi connectivity index (χ1v) is 7.78. The van der Waals surface area contributed by atoms with E-state index < -0.39 is 0 Å². The summed E-state index contributed by atoms with van der Waals surface area (Å²) in [5, 5.41) is 12.3. The lowest BCUT2D eigenvalue weighted by Crippen LogP contribution is -1.99. The SMILES string of the molecule is CC1CC1c1ccc(CNc2cccc(CCCO)c2)o1. The quantitative estimate of drug-likeness (QED) is 0.810. The highest BCUT2D eigenvalue weighted by molar-refractivity contribution is 5.46. The molecule has 112 valence electrons. The Hall–Kier alpha value is -1.74. The number of aliphatic hydroxyl groups excluding tert-OH is 1. The van der Waals surface area contributed by atoms with Crippen molar-refractivity contribution in [3.63, 3.8) is 0 Å². The Morgan fingerprint density at radius 3 is 2.90 bits per heavy atom. The van der Waals surface area contributed by atoms with Gasteiger partial charge in [0, 0.05) is 18.2 Å². The lowest BCUT2D eigenvalue weighted by molar-refractivity contribution is 0.288. The minimum Gasteiger partial charge on any atom is -0.464 e. The molecular weight excluding hydrogens is 262 g/mol. The number of rotatable bonds is 7. The van der Waals surface area contributed by atoms with Gasteiger partial charge in [-0.25, -0.2) is 0 Å². The number of benzene rings is 1. The van der Waals surface area contributed by atoms with E-state index in [4.69, 9.17) is 9.52 Å². The summed E-state index contributed by atoms with van der Waals surface area (Å²) in [6, 6.07) is 12.5. The van der Waals surface area contributed by atoms with Gasteiger partial charge >= 0.3 is 0 Å². The summed E-state index contributed by atoms with van der Waals surface area (Å²) in [6.07, 6.45) is 2.98. The molecule has 1 aliphatic carbocycles. The molecule has 0 saturated heterocycles. The molecule has 1 aromatic heterocycles. The van der Waals surface area contributed by atoms with Crippen molar-refractivity contribution in [3.8, 4) is 0 Å². The smallest absolute Gasteiger partial charge is 0.123 e. The average molecular weight is 285 g/mol. The molecule has 0 bridgehead atoms. The van der Waals surface area contributed by atoms with Crippen LogP contribution in [0.25, 0.3) is 0 Å². The van der Waals surface area contributed by atoms with Gasteiger partial charge in [-0.1, -0.05) is 19.1 Å². The van der Waals surface area contributed by atoms with Crippen molar-refractivity contribution in [3.05, 3.63) is 53.5 Å². The molecule has 1 aliphatic rings. The third-order valence-corrected chi connectivity index (χ3v) is 4.17. The van der Waals surface area contributed by atoms with Crippen molar-refractivity contribution in [2.75, 3.05) is 11.9 Å². The second-order valence-electron chi connectivity index (χ2n) is 6.00. The van der Waals surface area contributed by atoms with Crippen molar-refractivity contribution in [1.29, 1.82) is 0 Å². The lowest BCUT2D eigenvalue weighted by Gasteiger charge is -2.07. The van der Waals surface area contributed by atoms with E-state index in [2.05, 4.69) is 48.6 Å². The number of hydrogen-bond donors (Lipinski definition) is 2. The number of nitrogens with one attached hydrogen (secondary N) is 1. The van der Waals surface area contributed by atoms with Crippen LogP contribution in [0.2, 0.25) is 0 Å². The highest BCUT2D eigenvalue weighted by Crippen LogP contribution is 2.47. The fourth-order valence-electron chi connectivity index (χ4n) is 2.72.